The van der Waals surface area contributed by atoms with Crippen molar-refractivity contribution in [1.82, 2.24) is 5.32 Å². The lowest BCUT2D eigenvalue weighted by atomic mass is 10.2. The minimum atomic E-state index is -0.386. The van der Waals surface area contributed by atoms with Crippen molar-refractivity contribution < 1.29 is 19.0 Å². The van der Waals surface area contributed by atoms with Crippen LogP contribution in [-0.2, 0) is 19.0 Å². The van der Waals surface area contributed by atoms with Gasteiger partial charge in [0.1, 0.15) is 6.61 Å². The highest BCUT2D eigenvalue weighted by molar-refractivity contribution is 5.77. The van der Waals surface area contributed by atoms with Gasteiger partial charge in [-0.2, -0.15) is 0 Å². The van der Waals surface area contributed by atoms with Gasteiger partial charge in [0.05, 0.1) is 12.1 Å². The number of hydrogen-bond acceptors (Lipinski definition) is 4. The molecule has 0 aromatic rings. The maximum atomic E-state index is 11.5. The summed E-state index contributed by atoms with van der Waals surface area (Å²) in [6.07, 6.45) is -0.386. The summed E-state index contributed by atoms with van der Waals surface area (Å²) in [4.78, 5) is 11.5. The highest BCUT2D eigenvalue weighted by Crippen LogP contribution is 2.05. The predicted octanol–water partition coefficient (Wildman–Crippen LogP) is 1.32. The van der Waals surface area contributed by atoms with Gasteiger partial charge >= 0.3 is 0 Å². The van der Waals surface area contributed by atoms with E-state index >= 15 is 0 Å². The quantitative estimate of drug-likeness (QED) is 0.657. The van der Waals surface area contributed by atoms with Crippen LogP contribution >= 0.6 is 0 Å². The van der Waals surface area contributed by atoms with Crippen LogP contribution in [0.15, 0.2) is 0 Å². The number of carbonyl (C=O) groups excluding carboxylic acids is 1. The molecule has 5 nitrogen and oxygen atoms in total. The van der Waals surface area contributed by atoms with Gasteiger partial charge in [-0.3, -0.25) is 4.79 Å². The van der Waals surface area contributed by atoms with Crippen molar-refractivity contribution in [3.8, 4) is 0 Å². The van der Waals surface area contributed by atoms with Crippen LogP contribution in [0.4, 0.5) is 0 Å². The van der Waals surface area contributed by atoms with Crippen molar-refractivity contribution in [2.24, 2.45) is 0 Å². The first-order valence-corrected chi connectivity index (χ1v) is 6.03. The Balaban J connectivity index is 3.79. The third-order valence-corrected chi connectivity index (χ3v) is 1.81. The number of hydrogen-bond donors (Lipinski definition) is 1. The minimum Gasteiger partial charge on any atom is -0.366 e. The third-order valence-electron chi connectivity index (χ3n) is 1.81. The lowest BCUT2D eigenvalue weighted by Gasteiger charge is -2.20. The highest BCUT2D eigenvalue weighted by Gasteiger charge is 2.14. The molecule has 0 aliphatic carbocycles. The Morgan fingerprint density at radius 2 is 1.71 bits per heavy atom. The van der Waals surface area contributed by atoms with E-state index in [1.54, 1.807) is 0 Å². The molecule has 0 aromatic carbocycles. The number of rotatable bonds is 8. The normalized spacial score (nSPS) is 11.9. The largest absolute Gasteiger partial charge is 0.366 e. The molecule has 0 aliphatic rings. The van der Waals surface area contributed by atoms with E-state index in [-0.39, 0.29) is 24.4 Å². The third kappa shape index (κ3) is 10.2. The van der Waals surface area contributed by atoms with Crippen molar-refractivity contribution in [2.45, 2.75) is 46.5 Å². The topological polar surface area (TPSA) is 56.8 Å². The Morgan fingerprint density at radius 1 is 1.18 bits per heavy atom. The maximum Gasteiger partial charge on any atom is 0.246 e. The van der Waals surface area contributed by atoms with Crippen LogP contribution in [0.5, 0.6) is 0 Å². The zero-order chi connectivity index (χ0) is 13.3. The Bertz CT molecular complexity index is 207. The van der Waals surface area contributed by atoms with E-state index in [0.717, 1.165) is 0 Å². The van der Waals surface area contributed by atoms with Gasteiger partial charge in [0, 0.05) is 13.2 Å². The smallest absolute Gasteiger partial charge is 0.246 e. The van der Waals surface area contributed by atoms with Crippen LogP contribution < -0.4 is 5.32 Å². The molecule has 17 heavy (non-hydrogen) atoms. The molecule has 1 N–H and O–H groups in total. The molecule has 0 atom stereocenters. The standard InChI is InChI=1S/C12H25NO4/c1-6-15-11(16-7-2)8-13-10(14)9-17-12(3,4)5/h11H,6-9H2,1-5H3,(H,13,14). The molecule has 0 heterocycles. The summed E-state index contributed by atoms with van der Waals surface area (Å²) >= 11 is 0. The highest BCUT2D eigenvalue weighted by atomic mass is 16.7. The van der Waals surface area contributed by atoms with Gasteiger partial charge in [0.15, 0.2) is 6.29 Å². The molecule has 0 saturated carbocycles. The van der Waals surface area contributed by atoms with E-state index in [9.17, 15) is 4.79 Å². The fourth-order valence-corrected chi connectivity index (χ4v) is 1.07. The summed E-state index contributed by atoms with van der Waals surface area (Å²) in [5, 5.41) is 2.71. The Morgan fingerprint density at radius 3 is 2.12 bits per heavy atom. The molecular formula is C12H25NO4. The number of carbonyl (C=O) groups is 1. The van der Waals surface area contributed by atoms with Crippen molar-refractivity contribution >= 4 is 5.91 Å². The first-order valence-electron chi connectivity index (χ1n) is 6.03. The van der Waals surface area contributed by atoms with E-state index in [2.05, 4.69) is 5.32 Å². The monoisotopic (exact) mass is 247 g/mol. The molecule has 0 aromatic heterocycles. The van der Waals surface area contributed by atoms with Gasteiger partial charge in [-0.15, -0.1) is 0 Å². The van der Waals surface area contributed by atoms with Crippen LogP contribution in [0.3, 0.4) is 0 Å². The summed E-state index contributed by atoms with van der Waals surface area (Å²) in [6.45, 7) is 11.0. The number of ether oxygens (including phenoxy) is 3. The van der Waals surface area contributed by atoms with Gasteiger partial charge in [-0.1, -0.05) is 0 Å². The second-order valence-corrected chi connectivity index (χ2v) is 4.55. The van der Waals surface area contributed by atoms with Crippen LogP contribution in [0.25, 0.3) is 0 Å². The van der Waals surface area contributed by atoms with Gasteiger partial charge in [0.2, 0.25) is 5.91 Å². The fourth-order valence-electron chi connectivity index (χ4n) is 1.07. The maximum absolute atomic E-state index is 11.5. The first-order chi connectivity index (χ1) is 7.89. The van der Waals surface area contributed by atoms with E-state index in [1.165, 1.54) is 0 Å². The molecule has 0 aliphatic heterocycles. The van der Waals surface area contributed by atoms with Crippen molar-refractivity contribution in [1.29, 1.82) is 0 Å². The van der Waals surface area contributed by atoms with Crippen molar-refractivity contribution in [3.63, 3.8) is 0 Å². The van der Waals surface area contributed by atoms with Crippen molar-refractivity contribution in [2.75, 3.05) is 26.4 Å². The summed E-state index contributed by atoms with van der Waals surface area (Å²) in [5.41, 5.74) is -0.309. The summed E-state index contributed by atoms with van der Waals surface area (Å²) in [5.74, 6) is -0.163. The van der Waals surface area contributed by atoms with Crippen LogP contribution in [0.2, 0.25) is 0 Å². The summed E-state index contributed by atoms with van der Waals surface area (Å²) in [7, 11) is 0. The van der Waals surface area contributed by atoms with Gasteiger partial charge in [-0.25, -0.2) is 0 Å². The summed E-state index contributed by atoms with van der Waals surface area (Å²) < 4.78 is 16.0. The second kappa shape index (κ2) is 8.44. The average molecular weight is 247 g/mol. The Labute approximate surface area is 104 Å². The molecule has 0 saturated heterocycles. The molecule has 0 unspecified atom stereocenters. The molecule has 0 rings (SSSR count). The fraction of sp³-hybridized carbons (Fsp3) is 0.917. The molecular weight excluding hydrogens is 222 g/mol. The number of nitrogens with one attached hydrogen (secondary N) is 1. The zero-order valence-electron chi connectivity index (χ0n) is 11.5. The lowest BCUT2D eigenvalue weighted by molar-refractivity contribution is -0.144. The van der Waals surface area contributed by atoms with Crippen LogP contribution in [0, 0.1) is 0 Å². The molecule has 5 heteroatoms. The Hall–Kier alpha value is -0.650. The van der Waals surface area contributed by atoms with E-state index in [4.69, 9.17) is 14.2 Å². The number of amides is 1. The van der Waals surface area contributed by atoms with Crippen LogP contribution in [-0.4, -0.2) is 44.2 Å². The SMILES string of the molecule is CCOC(CNC(=O)COC(C)(C)C)OCC. The van der Waals surface area contributed by atoms with Gasteiger partial charge < -0.3 is 19.5 Å². The molecule has 1 amide bonds. The predicted molar refractivity (Wildman–Crippen MR) is 65.8 cm³/mol. The summed E-state index contributed by atoms with van der Waals surface area (Å²) in [6, 6.07) is 0. The molecule has 0 fully saturated rings. The van der Waals surface area contributed by atoms with Crippen LogP contribution in [0.1, 0.15) is 34.6 Å². The van der Waals surface area contributed by atoms with E-state index in [0.29, 0.717) is 19.8 Å². The van der Waals surface area contributed by atoms with E-state index < -0.39 is 0 Å². The molecule has 0 bridgehead atoms. The lowest BCUT2D eigenvalue weighted by Crippen LogP contribution is -2.38. The van der Waals surface area contributed by atoms with Gasteiger partial charge in [0.25, 0.3) is 0 Å². The Kier molecular flexibility index (Phi) is 8.12. The van der Waals surface area contributed by atoms with E-state index in [1.807, 2.05) is 34.6 Å². The van der Waals surface area contributed by atoms with Gasteiger partial charge in [-0.05, 0) is 34.6 Å². The molecule has 102 valence electrons. The van der Waals surface area contributed by atoms with Crippen molar-refractivity contribution in [3.05, 3.63) is 0 Å². The second-order valence-electron chi connectivity index (χ2n) is 4.55. The minimum absolute atomic E-state index is 0.0501. The molecule has 0 spiro atoms. The zero-order valence-corrected chi connectivity index (χ0v) is 11.5. The first kappa shape index (κ1) is 16.4. The average Bonchev–Trinajstić information content (AvgIpc) is 2.23. The molecule has 0 radical (unpaired) electrons.